The zero-order chi connectivity index (χ0) is 12.4. The molecule has 1 saturated carbocycles. The van der Waals surface area contributed by atoms with E-state index in [1.807, 2.05) is 0 Å². The second-order valence-corrected chi connectivity index (χ2v) is 5.79. The van der Waals surface area contributed by atoms with Crippen molar-refractivity contribution in [3.8, 4) is 5.75 Å². The monoisotopic (exact) mass is 245 g/mol. The summed E-state index contributed by atoms with van der Waals surface area (Å²) >= 11 is 0. The van der Waals surface area contributed by atoms with Crippen LogP contribution in [0.25, 0.3) is 0 Å². The average molecular weight is 245 g/mol. The van der Waals surface area contributed by atoms with E-state index in [0.29, 0.717) is 12.1 Å². The molecule has 0 saturated heterocycles. The maximum Gasteiger partial charge on any atom is 0.123 e. The highest BCUT2D eigenvalue weighted by Crippen LogP contribution is 2.29. The molecule has 0 amide bonds. The van der Waals surface area contributed by atoms with Gasteiger partial charge >= 0.3 is 0 Å². The minimum atomic E-state index is 0.325. The molecule has 2 atom stereocenters. The van der Waals surface area contributed by atoms with Crippen LogP contribution in [0, 0.1) is 5.92 Å². The summed E-state index contributed by atoms with van der Waals surface area (Å²) in [4.78, 5) is 0. The van der Waals surface area contributed by atoms with Crippen LogP contribution in [-0.4, -0.2) is 18.7 Å². The molecule has 2 aliphatic rings. The lowest BCUT2D eigenvalue weighted by atomic mass is 9.99. The van der Waals surface area contributed by atoms with Crippen LogP contribution in [0.3, 0.4) is 0 Å². The van der Waals surface area contributed by atoms with Gasteiger partial charge in [0, 0.05) is 19.0 Å². The van der Waals surface area contributed by atoms with E-state index >= 15 is 0 Å². The van der Waals surface area contributed by atoms with Gasteiger partial charge in [-0.25, -0.2) is 0 Å². The fourth-order valence-electron chi connectivity index (χ4n) is 3.31. The predicted molar refractivity (Wildman–Crippen MR) is 74.0 cm³/mol. The van der Waals surface area contributed by atoms with Gasteiger partial charge in [-0.2, -0.15) is 0 Å². The molecule has 1 unspecified atom stereocenters. The van der Waals surface area contributed by atoms with Gasteiger partial charge in [-0.15, -0.1) is 0 Å². The van der Waals surface area contributed by atoms with Crippen molar-refractivity contribution in [3.63, 3.8) is 0 Å². The summed E-state index contributed by atoms with van der Waals surface area (Å²) in [6.45, 7) is 3.31. The van der Waals surface area contributed by atoms with Crippen LogP contribution in [0.1, 0.15) is 38.2 Å². The van der Waals surface area contributed by atoms with Crippen LogP contribution >= 0.6 is 0 Å². The molecule has 2 nitrogen and oxygen atoms in total. The van der Waals surface area contributed by atoms with Crippen LogP contribution in [0.15, 0.2) is 24.3 Å². The van der Waals surface area contributed by atoms with Gasteiger partial charge in [0.25, 0.3) is 0 Å². The maximum atomic E-state index is 5.96. The molecular formula is C16H23NO. The zero-order valence-corrected chi connectivity index (χ0v) is 11.2. The minimum absolute atomic E-state index is 0.325. The van der Waals surface area contributed by atoms with Crippen molar-refractivity contribution in [1.82, 2.24) is 5.32 Å². The third kappa shape index (κ3) is 2.54. The molecule has 1 aromatic carbocycles. The molecule has 1 aliphatic heterocycles. The van der Waals surface area contributed by atoms with Crippen molar-refractivity contribution in [2.24, 2.45) is 5.92 Å². The number of benzene rings is 1. The van der Waals surface area contributed by atoms with Crippen molar-refractivity contribution >= 4 is 0 Å². The Morgan fingerprint density at radius 1 is 1.28 bits per heavy atom. The third-order valence-electron chi connectivity index (χ3n) is 4.49. The Balaban J connectivity index is 1.48. The molecule has 0 aromatic heterocycles. The lowest BCUT2D eigenvalue weighted by Gasteiger charge is -2.22. The number of ether oxygens (including phenoxy) is 1. The van der Waals surface area contributed by atoms with Crippen LogP contribution < -0.4 is 10.1 Å². The summed E-state index contributed by atoms with van der Waals surface area (Å²) in [6, 6.07) is 9.04. The number of para-hydroxylation sites is 1. The third-order valence-corrected chi connectivity index (χ3v) is 4.49. The van der Waals surface area contributed by atoms with E-state index in [9.17, 15) is 0 Å². The summed E-state index contributed by atoms with van der Waals surface area (Å²) in [5.41, 5.74) is 1.36. The van der Waals surface area contributed by atoms with E-state index < -0.39 is 0 Å². The lowest BCUT2D eigenvalue weighted by Crippen LogP contribution is -2.39. The standard InChI is InChI=1S/C16H23NO/c1-12(13-6-2-3-7-13)17-11-15-10-14-8-4-5-9-16(14)18-15/h4-5,8-9,12-13,15,17H,2-3,6-7,10-11H2,1H3/t12-,15?/m1/s1. The summed E-state index contributed by atoms with van der Waals surface area (Å²) in [6.07, 6.45) is 7.02. The number of hydrogen-bond acceptors (Lipinski definition) is 2. The molecule has 1 N–H and O–H groups in total. The number of fused-ring (bicyclic) bond motifs is 1. The summed E-state index contributed by atoms with van der Waals surface area (Å²) in [7, 11) is 0. The van der Waals surface area contributed by atoms with E-state index in [0.717, 1.165) is 24.6 Å². The van der Waals surface area contributed by atoms with Gasteiger partial charge in [0.05, 0.1) is 0 Å². The molecule has 3 rings (SSSR count). The Morgan fingerprint density at radius 3 is 2.83 bits per heavy atom. The Kier molecular flexibility index (Phi) is 3.55. The van der Waals surface area contributed by atoms with Crippen molar-refractivity contribution < 1.29 is 4.74 Å². The molecule has 0 bridgehead atoms. The lowest BCUT2D eigenvalue weighted by molar-refractivity contribution is 0.214. The number of rotatable bonds is 4. The molecule has 18 heavy (non-hydrogen) atoms. The molecule has 0 spiro atoms. The molecule has 1 fully saturated rings. The van der Waals surface area contributed by atoms with Crippen molar-refractivity contribution in [2.45, 2.75) is 51.2 Å². The first-order chi connectivity index (χ1) is 8.83. The first kappa shape index (κ1) is 12.0. The van der Waals surface area contributed by atoms with E-state index in [2.05, 4.69) is 36.5 Å². The van der Waals surface area contributed by atoms with Crippen LogP contribution in [0.5, 0.6) is 5.75 Å². The van der Waals surface area contributed by atoms with E-state index in [4.69, 9.17) is 4.74 Å². The summed E-state index contributed by atoms with van der Waals surface area (Å²) in [5.74, 6) is 1.96. The SMILES string of the molecule is C[C@@H](NCC1Cc2ccccc2O1)C1CCCC1. The smallest absolute Gasteiger partial charge is 0.123 e. The maximum absolute atomic E-state index is 5.96. The zero-order valence-electron chi connectivity index (χ0n) is 11.2. The van der Waals surface area contributed by atoms with Crippen molar-refractivity contribution in [1.29, 1.82) is 0 Å². The van der Waals surface area contributed by atoms with Gasteiger partial charge in [-0.05, 0) is 37.3 Å². The Hall–Kier alpha value is -1.02. The second-order valence-electron chi connectivity index (χ2n) is 5.79. The minimum Gasteiger partial charge on any atom is -0.488 e. The highest BCUT2D eigenvalue weighted by molar-refractivity contribution is 5.37. The summed E-state index contributed by atoms with van der Waals surface area (Å²) in [5, 5.41) is 3.68. The van der Waals surface area contributed by atoms with E-state index in [1.165, 1.54) is 31.2 Å². The Labute approximate surface area is 110 Å². The van der Waals surface area contributed by atoms with Gasteiger partial charge in [0.1, 0.15) is 11.9 Å². The Bertz CT molecular complexity index is 373. The van der Waals surface area contributed by atoms with Gasteiger partial charge in [-0.1, -0.05) is 31.0 Å². The first-order valence-electron chi connectivity index (χ1n) is 7.31. The normalized spacial score (nSPS) is 24.8. The number of nitrogens with one attached hydrogen (secondary N) is 1. The van der Waals surface area contributed by atoms with Gasteiger partial charge in [0.2, 0.25) is 0 Å². The fraction of sp³-hybridized carbons (Fsp3) is 0.625. The highest BCUT2D eigenvalue weighted by Gasteiger charge is 2.25. The molecule has 98 valence electrons. The highest BCUT2D eigenvalue weighted by atomic mass is 16.5. The first-order valence-corrected chi connectivity index (χ1v) is 7.31. The van der Waals surface area contributed by atoms with Gasteiger partial charge in [0.15, 0.2) is 0 Å². The quantitative estimate of drug-likeness (QED) is 0.880. The molecule has 0 radical (unpaired) electrons. The van der Waals surface area contributed by atoms with Crippen LogP contribution in [0.4, 0.5) is 0 Å². The topological polar surface area (TPSA) is 21.3 Å². The number of hydrogen-bond donors (Lipinski definition) is 1. The summed E-state index contributed by atoms with van der Waals surface area (Å²) < 4.78 is 5.96. The predicted octanol–water partition coefficient (Wildman–Crippen LogP) is 3.16. The molecule has 1 heterocycles. The van der Waals surface area contributed by atoms with E-state index in [1.54, 1.807) is 0 Å². The molecule has 2 heteroatoms. The molecular weight excluding hydrogens is 222 g/mol. The largest absolute Gasteiger partial charge is 0.488 e. The van der Waals surface area contributed by atoms with E-state index in [-0.39, 0.29) is 0 Å². The van der Waals surface area contributed by atoms with Crippen LogP contribution in [0.2, 0.25) is 0 Å². The van der Waals surface area contributed by atoms with Gasteiger partial charge in [-0.3, -0.25) is 0 Å². The molecule has 1 aromatic rings. The van der Waals surface area contributed by atoms with Gasteiger partial charge < -0.3 is 10.1 Å². The van der Waals surface area contributed by atoms with Crippen LogP contribution in [-0.2, 0) is 6.42 Å². The average Bonchev–Trinajstić information content (AvgIpc) is 3.04. The van der Waals surface area contributed by atoms with Crippen molar-refractivity contribution in [3.05, 3.63) is 29.8 Å². The van der Waals surface area contributed by atoms with Crippen molar-refractivity contribution in [2.75, 3.05) is 6.54 Å². The fourth-order valence-corrected chi connectivity index (χ4v) is 3.31. The second kappa shape index (κ2) is 5.31. The Morgan fingerprint density at radius 2 is 2.06 bits per heavy atom. The molecule has 1 aliphatic carbocycles.